The summed E-state index contributed by atoms with van der Waals surface area (Å²) in [5.74, 6) is -3.07. The molecule has 0 fully saturated rings. The molecule has 0 heterocycles. The van der Waals surface area contributed by atoms with Gasteiger partial charge in [-0.25, -0.2) is 0 Å². The molecule has 6 N–H and O–H groups in total. The van der Waals surface area contributed by atoms with Gasteiger partial charge in [-0.15, -0.1) is 0 Å². The smallest absolute Gasteiger partial charge is 0.759 e. The van der Waals surface area contributed by atoms with Crippen molar-refractivity contribution < 1.29 is 46.8 Å². The van der Waals surface area contributed by atoms with Crippen molar-refractivity contribution in [2.75, 3.05) is 0 Å². The Balaban J connectivity index is 0.000000473. The summed E-state index contributed by atoms with van der Waals surface area (Å²) in [5.41, 5.74) is 3.48. The van der Waals surface area contributed by atoms with E-state index in [9.17, 15) is 30.0 Å². The van der Waals surface area contributed by atoms with Gasteiger partial charge in [-0.05, 0) is 36.4 Å². The van der Waals surface area contributed by atoms with E-state index >= 15 is 0 Å². The Labute approximate surface area is 203 Å². The van der Waals surface area contributed by atoms with Gasteiger partial charge in [-0.3, -0.25) is 14.4 Å². The van der Waals surface area contributed by atoms with Crippen molar-refractivity contribution in [2.24, 2.45) is 0 Å². The number of para-hydroxylation sites is 3. The summed E-state index contributed by atoms with van der Waals surface area (Å²) in [5, 5.41) is 56.7. The number of phenols is 3. The second kappa shape index (κ2) is 15.6. The van der Waals surface area contributed by atoms with E-state index in [0.717, 1.165) is 0 Å². The molecule has 34 heavy (non-hydrogen) atoms. The molecular formula is C21H18FeN3O9. The van der Waals surface area contributed by atoms with Gasteiger partial charge in [-0.2, -0.15) is 0 Å². The number of phenolic OH excluding ortho intramolecular Hbond substituents is 3. The molecule has 1 radical (unpaired) electrons. The van der Waals surface area contributed by atoms with E-state index in [2.05, 4.69) is 0 Å². The maximum Gasteiger partial charge on any atom is 3.00 e. The molecule has 3 aromatic carbocycles. The van der Waals surface area contributed by atoms with Crippen molar-refractivity contribution in [2.45, 2.75) is 0 Å². The molecule has 12 nitrogen and oxygen atoms in total. The summed E-state index contributed by atoms with van der Waals surface area (Å²) in [6, 6.07) is 17.5. The number of benzene rings is 3. The SMILES string of the molecule is O=C(N[O-])c1ccccc1O.O=C(N[O-])c1ccccc1O.O=C(N[O-])c1ccccc1O.[Fe+3]. The van der Waals surface area contributed by atoms with Gasteiger partial charge in [0.2, 0.25) is 17.7 Å². The minimum absolute atomic E-state index is 0. The Hall–Kier alpha value is -4.13. The Kier molecular flexibility index (Phi) is 13.7. The third-order valence-corrected chi connectivity index (χ3v) is 3.72. The number of hydroxylamine groups is 3. The van der Waals surface area contributed by atoms with E-state index in [4.69, 9.17) is 15.3 Å². The standard InChI is InChI=1S/3C7H6NO3.Fe/c3*9-6-4-2-1-3-5(6)7(10)8-11;/h3*1-4H,(H2-,8,9,10,11);/q3*-1;+3. The van der Waals surface area contributed by atoms with Crippen molar-refractivity contribution >= 4 is 17.7 Å². The number of carbonyl (C=O) groups is 3. The molecule has 0 saturated heterocycles. The normalized spacial score (nSPS) is 8.91. The minimum atomic E-state index is -0.830. The number of carbonyl (C=O) groups excluding carboxylic acids is 3. The first kappa shape index (κ1) is 29.9. The third-order valence-electron chi connectivity index (χ3n) is 3.72. The fourth-order valence-electron chi connectivity index (χ4n) is 2.16. The Bertz CT molecular complexity index is 960. The number of hydrogen-bond donors (Lipinski definition) is 6. The molecule has 13 heteroatoms. The van der Waals surface area contributed by atoms with E-state index in [1.54, 1.807) is 36.4 Å². The van der Waals surface area contributed by atoms with Crippen LogP contribution in [0.4, 0.5) is 0 Å². The first-order valence-corrected chi connectivity index (χ1v) is 8.88. The summed E-state index contributed by atoms with van der Waals surface area (Å²) in [6.07, 6.45) is 0. The third kappa shape index (κ3) is 9.16. The average molecular weight is 512 g/mol. The van der Waals surface area contributed by atoms with Crippen molar-refractivity contribution in [3.63, 3.8) is 0 Å². The van der Waals surface area contributed by atoms with Crippen LogP contribution in [0.1, 0.15) is 31.1 Å². The maximum atomic E-state index is 10.7. The van der Waals surface area contributed by atoms with Crippen molar-refractivity contribution in [1.82, 2.24) is 16.4 Å². The number of rotatable bonds is 3. The molecule has 179 valence electrons. The fourth-order valence-corrected chi connectivity index (χ4v) is 2.16. The predicted octanol–water partition coefficient (Wildman–Crippen LogP) is 1.86. The molecule has 0 aliphatic heterocycles. The summed E-state index contributed by atoms with van der Waals surface area (Å²) < 4.78 is 0. The summed E-state index contributed by atoms with van der Waals surface area (Å²) >= 11 is 0. The average Bonchev–Trinajstić information content (AvgIpc) is 2.84. The van der Waals surface area contributed by atoms with Crippen molar-refractivity contribution in [1.29, 1.82) is 0 Å². The van der Waals surface area contributed by atoms with E-state index < -0.39 is 17.7 Å². The first-order chi connectivity index (χ1) is 15.8. The Morgan fingerprint density at radius 1 is 0.500 bits per heavy atom. The Morgan fingerprint density at radius 2 is 0.706 bits per heavy atom. The van der Waals surface area contributed by atoms with Crippen LogP contribution in [0.3, 0.4) is 0 Å². The molecule has 0 spiro atoms. The minimum Gasteiger partial charge on any atom is -0.759 e. The molecule has 3 amide bonds. The number of nitrogens with one attached hydrogen (secondary N) is 3. The van der Waals surface area contributed by atoms with E-state index in [1.807, 2.05) is 0 Å². The molecule has 0 aromatic heterocycles. The Morgan fingerprint density at radius 3 is 0.882 bits per heavy atom. The first-order valence-electron chi connectivity index (χ1n) is 8.88. The molecule has 0 bridgehead atoms. The van der Waals surface area contributed by atoms with Gasteiger partial charge in [0, 0.05) is 0 Å². The summed E-state index contributed by atoms with van der Waals surface area (Å²) in [4.78, 5) is 32.0. The summed E-state index contributed by atoms with van der Waals surface area (Å²) in [6.45, 7) is 0. The van der Waals surface area contributed by atoms with Gasteiger partial charge in [-0.1, -0.05) is 36.4 Å². The van der Waals surface area contributed by atoms with Crippen LogP contribution in [0.5, 0.6) is 17.2 Å². The number of amides is 3. The number of hydrogen-bond acceptors (Lipinski definition) is 9. The zero-order valence-corrected chi connectivity index (χ0v) is 18.2. The largest absolute Gasteiger partial charge is 3.00 e. The van der Waals surface area contributed by atoms with Gasteiger partial charge in [0.25, 0.3) is 0 Å². The molecule has 3 aromatic rings. The van der Waals surface area contributed by atoms with Crippen LogP contribution in [-0.2, 0) is 17.1 Å². The van der Waals surface area contributed by atoms with Crippen LogP contribution in [0.25, 0.3) is 0 Å². The van der Waals surface area contributed by atoms with Gasteiger partial charge in [0.15, 0.2) is 0 Å². The number of aromatic hydroxyl groups is 3. The van der Waals surface area contributed by atoms with Crippen LogP contribution in [0.15, 0.2) is 72.8 Å². The van der Waals surface area contributed by atoms with Crippen molar-refractivity contribution in [3.05, 3.63) is 105 Å². The predicted molar refractivity (Wildman–Crippen MR) is 117 cm³/mol. The van der Waals surface area contributed by atoms with Gasteiger partial charge >= 0.3 is 17.1 Å². The van der Waals surface area contributed by atoms with Crippen LogP contribution in [0, 0.1) is 15.6 Å². The van der Waals surface area contributed by atoms with Gasteiger partial charge in [0.1, 0.15) is 17.2 Å². The maximum absolute atomic E-state index is 10.7. The molecule has 0 atom stereocenters. The zero-order valence-electron chi connectivity index (χ0n) is 17.1. The fraction of sp³-hybridized carbons (Fsp3) is 0. The van der Waals surface area contributed by atoms with E-state index in [-0.39, 0.29) is 51.0 Å². The second-order valence-corrected chi connectivity index (χ2v) is 5.85. The van der Waals surface area contributed by atoms with E-state index in [0.29, 0.717) is 0 Å². The van der Waals surface area contributed by atoms with Crippen LogP contribution in [-0.4, -0.2) is 33.0 Å². The second-order valence-electron chi connectivity index (χ2n) is 5.85. The van der Waals surface area contributed by atoms with Crippen LogP contribution >= 0.6 is 0 Å². The van der Waals surface area contributed by atoms with Crippen LogP contribution in [0.2, 0.25) is 0 Å². The van der Waals surface area contributed by atoms with Gasteiger partial charge < -0.3 is 47.4 Å². The molecule has 3 rings (SSSR count). The quantitative estimate of drug-likeness (QED) is 0.223. The molecular weight excluding hydrogens is 494 g/mol. The monoisotopic (exact) mass is 512 g/mol. The molecule has 0 aliphatic carbocycles. The molecule has 0 unspecified atom stereocenters. The zero-order chi connectivity index (χ0) is 24.8. The van der Waals surface area contributed by atoms with E-state index in [1.165, 1.54) is 52.8 Å². The topological polar surface area (TPSA) is 217 Å². The summed E-state index contributed by atoms with van der Waals surface area (Å²) in [7, 11) is 0. The molecule has 0 saturated carbocycles. The molecule has 0 aliphatic rings. The van der Waals surface area contributed by atoms with Crippen LogP contribution < -0.4 is 16.4 Å². The van der Waals surface area contributed by atoms with Gasteiger partial charge in [0.05, 0.1) is 16.7 Å². The van der Waals surface area contributed by atoms with Crippen molar-refractivity contribution in [3.8, 4) is 17.2 Å².